The fourth-order valence-electron chi connectivity index (χ4n) is 2.97. The standard InChI is InChI=1S/C17H26N2O3S/c1-11-9-13(17(3,4)5)10-15(12(11)2)23(21,22)19-8-6-7-14(19)16(18)20/h9-10,14H,6-8H2,1-5H3,(H2,18,20)/t14-/m1/s1. The van der Waals surface area contributed by atoms with Crippen LogP contribution in [0.3, 0.4) is 0 Å². The number of carbonyl (C=O) groups excluding carboxylic acids is 1. The Morgan fingerprint density at radius 1 is 1.26 bits per heavy atom. The highest BCUT2D eigenvalue weighted by molar-refractivity contribution is 7.89. The summed E-state index contributed by atoms with van der Waals surface area (Å²) in [6.07, 6.45) is 1.15. The van der Waals surface area contributed by atoms with Crippen molar-refractivity contribution >= 4 is 15.9 Å². The van der Waals surface area contributed by atoms with Crippen LogP contribution in [0, 0.1) is 13.8 Å². The smallest absolute Gasteiger partial charge is 0.244 e. The Labute approximate surface area is 138 Å². The minimum Gasteiger partial charge on any atom is -0.368 e. The number of hydrogen-bond acceptors (Lipinski definition) is 3. The van der Waals surface area contributed by atoms with E-state index in [0.717, 1.165) is 16.7 Å². The second-order valence-corrected chi connectivity index (χ2v) is 9.20. The van der Waals surface area contributed by atoms with Crippen LogP contribution in [0.5, 0.6) is 0 Å². The van der Waals surface area contributed by atoms with Gasteiger partial charge in [0.15, 0.2) is 0 Å². The number of nitrogens with zero attached hydrogens (tertiary/aromatic N) is 1. The third-order valence-corrected chi connectivity index (χ3v) is 6.64. The van der Waals surface area contributed by atoms with Crippen LogP contribution in [0.2, 0.25) is 0 Å². The number of sulfonamides is 1. The molecule has 0 unspecified atom stereocenters. The monoisotopic (exact) mass is 338 g/mol. The van der Waals surface area contributed by atoms with Crippen molar-refractivity contribution in [2.24, 2.45) is 5.73 Å². The van der Waals surface area contributed by atoms with Gasteiger partial charge in [-0.15, -0.1) is 0 Å². The third-order valence-electron chi connectivity index (χ3n) is 4.60. The van der Waals surface area contributed by atoms with E-state index < -0.39 is 22.0 Å². The SMILES string of the molecule is Cc1cc(C(C)(C)C)cc(S(=O)(=O)N2CCC[C@@H]2C(N)=O)c1C. The predicted molar refractivity (Wildman–Crippen MR) is 90.7 cm³/mol. The Balaban J connectivity index is 2.60. The van der Waals surface area contributed by atoms with E-state index in [4.69, 9.17) is 5.73 Å². The summed E-state index contributed by atoms with van der Waals surface area (Å²) in [5.41, 5.74) is 7.86. The minimum atomic E-state index is -3.74. The molecular formula is C17H26N2O3S. The van der Waals surface area contributed by atoms with Gasteiger partial charge in [-0.1, -0.05) is 26.8 Å². The zero-order valence-corrected chi connectivity index (χ0v) is 15.3. The fraction of sp³-hybridized carbons (Fsp3) is 0.588. The summed E-state index contributed by atoms with van der Waals surface area (Å²) in [6, 6.07) is 3.04. The van der Waals surface area contributed by atoms with Gasteiger partial charge in [-0.2, -0.15) is 4.31 Å². The number of nitrogens with two attached hydrogens (primary N) is 1. The fourth-order valence-corrected chi connectivity index (χ4v) is 4.96. The number of carbonyl (C=O) groups is 1. The maximum Gasteiger partial charge on any atom is 0.244 e. The van der Waals surface area contributed by atoms with Crippen LogP contribution >= 0.6 is 0 Å². The first kappa shape index (κ1) is 17.9. The van der Waals surface area contributed by atoms with E-state index in [1.807, 2.05) is 19.9 Å². The molecule has 2 N–H and O–H groups in total. The van der Waals surface area contributed by atoms with Gasteiger partial charge in [0, 0.05) is 6.54 Å². The first-order valence-electron chi connectivity index (χ1n) is 7.89. The molecule has 0 bridgehead atoms. The van der Waals surface area contributed by atoms with Gasteiger partial charge >= 0.3 is 0 Å². The normalized spacial score (nSPS) is 20.0. The highest BCUT2D eigenvalue weighted by Crippen LogP contribution is 2.33. The molecule has 1 amide bonds. The second-order valence-electron chi connectivity index (χ2n) is 7.34. The average molecular weight is 338 g/mol. The van der Waals surface area contributed by atoms with Crippen molar-refractivity contribution in [3.63, 3.8) is 0 Å². The molecule has 23 heavy (non-hydrogen) atoms. The Morgan fingerprint density at radius 2 is 1.87 bits per heavy atom. The van der Waals surface area contributed by atoms with Crippen molar-refractivity contribution in [3.8, 4) is 0 Å². The molecule has 1 aromatic rings. The van der Waals surface area contributed by atoms with Gasteiger partial charge < -0.3 is 5.73 Å². The quantitative estimate of drug-likeness (QED) is 0.918. The van der Waals surface area contributed by atoms with Gasteiger partial charge in [0.1, 0.15) is 6.04 Å². The summed E-state index contributed by atoms with van der Waals surface area (Å²) in [6.45, 7) is 10.2. The average Bonchev–Trinajstić information content (AvgIpc) is 2.90. The van der Waals surface area contributed by atoms with Gasteiger partial charge in [-0.3, -0.25) is 4.79 Å². The topological polar surface area (TPSA) is 80.5 Å². The lowest BCUT2D eigenvalue weighted by atomic mass is 9.85. The number of hydrogen-bond donors (Lipinski definition) is 1. The number of primary amides is 1. The van der Waals surface area contributed by atoms with E-state index >= 15 is 0 Å². The van der Waals surface area contributed by atoms with Crippen LogP contribution in [0.4, 0.5) is 0 Å². The Morgan fingerprint density at radius 3 is 2.39 bits per heavy atom. The number of aryl methyl sites for hydroxylation is 1. The molecule has 1 heterocycles. The largest absolute Gasteiger partial charge is 0.368 e. The summed E-state index contributed by atoms with van der Waals surface area (Å²) < 4.78 is 27.5. The van der Waals surface area contributed by atoms with Crippen molar-refractivity contribution in [3.05, 3.63) is 28.8 Å². The van der Waals surface area contributed by atoms with Crippen molar-refractivity contribution in [2.45, 2.75) is 63.8 Å². The highest BCUT2D eigenvalue weighted by Gasteiger charge is 2.39. The van der Waals surface area contributed by atoms with Crippen LogP contribution in [0.1, 0.15) is 50.3 Å². The summed E-state index contributed by atoms with van der Waals surface area (Å²) in [5.74, 6) is -0.576. The molecule has 1 atom stereocenters. The van der Waals surface area contributed by atoms with Crippen molar-refractivity contribution in [2.75, 3.05) is 6.54 Å². The molecule has 1 aliphatic rings. The van der Waals surface area contributed by atoms with Crippen LogP contribution in [-0.2, 0) is 20.2 Å². The maximum absolute atomic E-state index is 13.1. The summed E-state index contributed by atoms with van der Waals surface area (Å²) in [7, 11) is -3.74. The predicted octanol–water partition coefficient (Wildman–Crippen LogP) is 2.24. The summed E-state index contributed by atoms with van der Waals surface area (Å²) in [4.78, 5) is 11.9. The maximum atomic E-state index is 13.1. The molecule has 0 aromatic heterocycles. The summed E-state index contributed by atoms with van der Waals surface area (Å²) >= 11 is 0. The van der Waals surface area contributed by atoms with Crippen molar-refractivity contribution in [1.29, 1.82) is 0 Å². The molecule has 0 saturated carbocycles. The zero-order chi connectivity index (χ0) is 17.6. The Hall–Kier alpha value is -1.40. The molecule has 0 spiro atoms. The van der Waals surface area contributed by atoms with E-state index in [-0.39, 0.29) is 10.3 Å². The molecule has 6 heteroatoms. The lowest BCUT2D eigenvalue weighted by molar-refractivity contribution is -0.121. The molecule has 1 aromatic carbocycles. The summed E-state index contributed by atoms with van der Waals surface area (Å²) in [5, 5.41) is 0. The number of rotatable bonds is 3. The molecule has 1 saturated heterocycles. The van der Waals surface area contributed by atoms with E-state index in [1.54, 1.807) is 6.07 Å². The van der Waals surface area contributed by atoms with E-state index in [2.05, 4.69) is 20.8 Å². The van der Waals surface area contributed by atoms with Gasteiger partial charge in [0.25, 0.3) is 0 Å². The van der Waals surface area contributed by atoms with E-state index in [0.29, 0.717) is 19.4 Å². The van der Waals surface area contributed by atoms with E-state index in [9.17, 15) is 13.2 Å². The highest BCUT2D eigenvalue weighted by atomic mass is 32.2. The van der Waals surface area contributed by atoms with Crippen molar-refractivity contribution < 1.29 is 13.2 Å². The first-order valence-corrected chi connectivity index (χ1v) is 9.33. The Bertz CT molecular complexity index is 733. The van der Waals surface area contributed by atoms with Gasteiger partial charge in [-0.25, -0.2) is 8.42 Å². The van der Waals surface area contributed by atoms with Crippen LogP contribution in [0.25, 0.3) is 0 Å². The minimum absolute atomic E-state index is 0.156. The molecule has 1 fully saturated rings. The lowest BCUT2D eigenvalue weighted by Gasteiger charge is -2.26. The first-order chi connectivity index (χ1) is 10.5. The van der Waals surface area contributed by atoms with Crippen LogP contribution in [0.15, 0.2) is 17.0 Å². The zero-order valence-electron chi connectivity index (χ0n) is 14.5. The molecule has 0 radical (unpaired) electrons. The lowest BCUT2D eigenvalue weighted by Crippen LogP contribution is -2.43. The van der Waals surface area contributed by atoms with Gasteiger partial charge in [0.2, 0.25) is 15.9 Å². The van der Waals surface area contributed by atoms with Gasteiger partial charge in [0.05, 0.1) is 4.90 Å². The molecule has 1 aliphatic heterocycles. The number of benzene rings is 1. The molecule has 2 rings (SSSR count). The van der Waals surface area contributed by atoms with E-state index in [1.165, 1.54) is 4.31 Å². The van der Waals surface area contributed by atoms with Crippen LogP contribution < -0.4 is 5.73 Å². The Kier molecular flexibility index (Phi) is 4.61. The molecule has 0 aliphatic carbocycles. The third kappa shape index (κ3) is 3.28. The second kappa shape index (κ2) is 5.91. The molecule has 128 valence electrons. The molecule has 5 nitrogen and oxygen atoms in total. The van der Waals surface area contributed by atoms with Crippen molar-refractivity contribution in [1.82, 2.24) is 4.31 Å². The number of amides is 1. The van der Waals surface area contributed by atoms with Gasteiger partial charge in [-0.05, 0) is 54.9 Å². The molecular weight excluding hydrogens is 312 g/mol. The van der Waals surface area contributed by atoms with Crippen LogP contribution in [-0.4, -0.2) is 31.2 Å².